The Morgan fingerprint density at radius 1 is 1.15 bits per heavy atom. The Labute approximate surface area is 121 Å². The molecule has 2 heterocycles. The van der Waals surface area contributed by atoms with Crippen LogP contribution in [0.1, 0.15) is 52.9 Å². The molecule has 0 aromatic heterocycles. The highest BCUT2D eigenvalue weighted by molar-refractivity contribution is 6.03. The van der Waals surface area contributed by atoms with Crippen LogP contribution < -0.4 is 4.90 Å². The molecule has 1 aliphatic carbocycles. The Morgan fingerprint density at radius 3 is 2.45 bits per heavy atom. The van der Waals surface area contributed by atoms with Gasteiger partial charge in [-0.3, -0.25) is 9.59 Å². The van der Waals surface area contributed by atoms with Crippen LogP contribution in [0.3, 0.4) is 0 Å². The summed E-state index contributed by atoms with van der Waals surface area (Å²) < 4.78 is 0. The van der Waals surface area contributed by atoms with Crippen molar-refractivity contribution < 1.29 is 14.5 Å². The summed E-state index contributed by atoms with van der Waals surface area (Å²) in [6.45, 7) is 9.07. The number of imide groups is 1. The number of hydrogen-bond acceptors (Lipinski definition) is 2. The van der Waals surface area contributed by atoms with Gasteiger partial charge in [0.05, 0.1) is 18.5 Å². The highest BCUT2D eigenvalue weighted by Crippen LogP contribution is 2.59. The van der Waals surface area contributed by atoms with Crippen LogP contribution in [0.2, 0.25) is 0 Å². The fourth-order valence-corrected chi connectivity index (χ4v) is 4.48. The van der Waals surface area contributed by atoms with Gasteiger partial charge in [-0.2, -0.15) is 0 Å². The molecule has 2 saturated heterocycles. The highest BCUT2D eigenvalue weighted by atomic mass is 16.2. The molecule has 112 valence electrons. The van der Waals surface area contributed by atoms with Gasteiger partial charge in [0.25, 0.3) is 0 Å². The van der Waals surface area contributed by atoms with Gasteiger partial charge in [-0.1, -0.05) is 20.8 Å². The molecule has 4 nitrogen and oxygen atoms in total. The smallest absolute Gasteiger partial charge is 0.240 e. The summed E-state index contributed by atoms with van der Waals surface area (Å²) in [7, 11) is 0. The minimum atomic E-state index is -0.346. The van der Waals surface area contributed by atoms with Crippen LogP contribution in [0.15, 0.2) is 0 Å². The second-order valence-corrected chi connectivity index (χ2v) is 7.69. The normalized spacial score (nSPS) is 37.5. The number of amides is 2. The van der Waals surface area contributed by atoms with E-state index >= 15 is 0 Å². The van der Waals surface area contributed by atoms with Crippen molar-refractivity contribution in [2.24, 2.45) is 16.7 Å². The fourth-order valence-electron chi connectivity index (χ4n) is 4.48. The van der Waals surface area contributed by atoms with Gasteiger partial charge < -0.3 is 4.90 Å². The van der Waals surface area contributed by atoms with E-state index in [4.69, 9.17) is 0 Å². The molecule has 1 saturated carbocycles. The first-order valence-electron chi connectivity index (χ1n) is 8.07. The van der Waals surface area contributed by atoms with E-state index in [0.29, 0.717) is 6.67 Å². The molecular weight excluding hydrogens is 252 g/mol. The number of quaternary nitrogens is 1. The Kier molecular flexibility index (Phi) is 3.20. The van der Waals surface area contributed by atoms with E-state index in [1.165, 1.54) is 24.2 Å². The van der Waals surface area contributed by atoms with Crippen LogP contribution in [-0.4, -0.2) is 36.5 Å². The molecule has 0 unspecified atom stereocenters. The SMILES string of the molecule is CC1(C)[C@@H]2CC[C@]1(C)C(=O)N(C[NH+]1CCCCC1)C2=O. The predicted molar refractivity (Wildman–Crippen MR) is 75.9 cm³/mol. The molecule has 1 N–H and O–H groups in total. The molecule has 4 heteroatoms. The quantitative estimate of drug-likeness (QED) is 0.761. The Bertz CT molecular complexity index is 440. The average molecular weight is 279 g/mol. The van der Waals surface area contributed by atoms with Crippen LogP contribution in [-0.2, 0) is 9.59 Å². The number of likely N-dealkylation sites (tertiary alicyclic amines) is 2. The first kappa shape index (κ1) is 14.1. The van der Waals surface area contributed by atoms with Crippen molar-refractivity contribution in [1.82, 2.24) is 4.90 Å². The third-order valence-electron chi connectivity index (χ3n) is 6.45. The lowest BCUT2D eigenvalue weighted by Crippen LogP contribution is -3.14. The number of piperidine rings is 2. The molecule has 2 amide bonds. The van der Waals surface area contributed by atoms with Crippen molar-refractivity contribution in [2.45, 2.75) is 52.9 Å². The van der Waals surface area contributed by atoms with E-state index in [1.807, 2.05) is 0 Å². The third-order valence-corrected chi connectivity index (χ3v) is 6.45. The minimum absolute atomic E-state index is 0.0365. The van der Waals surface area contributed by atoms with Crippen molar-refractivity contribution in [3.05, 3.63) is 0 Å². The molecule has 0 spiro atoms. The van der Waals surface area contributed by atoms with Crippen LogP contribution in [0.4, 0.5) is 0 Å². The average Bonchev–Trinajstić information content (AvgIpc) is 2.61. The number of nitrogens with zero attached hydrogens (tertiary/aromatic N) is 1. The standard InChI is InChI=1S/C16H26N2O2/c1-15(2)12-7-8-16(15,3)14(20)18(13(12)19)11-17-9-5-4-6-10-17/h12H,4-11H2,1-3H3/p+1/t12-,16-/m1/s1. The van der Waals surface area contributed by atoms with Gasteiger partial charge in [-0.05, 0) is 37.5 Å². The monoisotopic (exact) mass is 279 g/mol. The second kappa shape index (κ2) is 4.55. The van der Waals surface area contributed by atoms with Gasteiger partial charge in [0.1, 0.15) is 0 Å². The van der Waals surface area contributed by atoms with Crippen LogP contribution in [0.5, 0.6) is 0 Å². The maximum atomic E-state index is 12.9. The molecule has 2 aliphatic heterocycles. The minimum Gasteiger partial charge on any atom is -0.317 e. The van der Waals surface area contributed by atoms with Crippen molar-refractivity contribution in [3.8, 4) is 0 Å². The van der Waals surface area contributed by atoms with Crippen molar-refractivity contribution >= 4 is 11.8 Å². The van der Waals surface area contributed by atoms with Crippen molar-refractivity contribution in [2.75, 3.05) is 19.8 Å². The Balaban J connectivity index is 1.83. The Hall–Kier alpha value is -0.900. The Morgan fingerprint density at radius 2 is 1.80 bits per heavy atom. The van der Waals surface area contributed by atoms with Gasteiger partial charge in [0.2, 0.25) is 11.8 Å². The van der Waals surface area contributed by atoms with Gasteiger partial charge in [-0.25, -0.2) is 4.90 Å². The predicted octanol–water partition coefficient (Wildman–Crippen LogP) is 0.824. The first-order chi connectivity index (χ1) is 9.38. The maximum Gasteiger partial charge on any atom is 0.240 e. The molecular formula is C16H27N2O2+. The van der Waals surface area contributed by atoms with E-state index in [2.05, 4.69) is 20.8 Å². The summed E-state index contributed by atoms with van der Waals surface area (Å²) in [5.74, 6) is 0.210. The maximum absolute atomic E-state index is 12.9. The number of carbonyl (C=O) groups excluding carboxylic acids is 2. The van der Waals surface area contributed by atoms with E-state index in [9.17, 15) is 9.59 Å². The largest absolute Gasteiger partial charge is 0.317 e. The fraction of sp³-hybridized carbons (Fsp3) is 0.875. The number of rotatable bonds is 2. The molecule has 0 aromatic carbocycles. The number of fused-ring (bicyclic) bond motifs is 2. The lowest BCUT2D eigenvalue weighted by molar-refractivity contribution is -0.912. The summed E-state index contributed by atoms with van der Waals surface area (Å²) >= 11 is 0. The summed E-state index contributed by atoms with van der Waals surface area (Å²) in [5, 5.41) is 0. The van der Waals surface area contributed by atoms with Crippen LogP contribution in [0, 0.1) is 16.7 Å². The zero-order chi connectivity index (χ0) is 14.5. The number of hydrogen-bond donors (Lipinski definition) is 1. The molecule has 3 fully saturated rings. The lowest BCUT2D eigenvalue weighted by atomic mass is 9.62. The summed E-state index contributed by atoms with van der Waals surface area (Å²) in [6, 6.07) is 0. The zero-order valence-corrected chi connectivity index (χ0v) is 13.0. The van der Waals surface area contributed by atoms with E-state index in [-0.39, 0.29) is 28.6 Å². The molecule has 20 heavy (non-hydrogen) atoms. The van der Waals surface area contributed by atoms with Crippen LogP contribution >= 0.6 is 0 Å². The number of carbonyl (C=O) groups is 2. The van der Waals surface area contributed by atoms with Crippen molar-refractivity contribution in [1.29, 1.82) is 0 Å². The molecule has 3 aliphatic rings. The first-order valence-corrected chi connectivity index (χ1v) is 8.07. The van der Waals surface area contributed by atoms with Gasteiger partial charge in [-0.15, -0.1) is 0 Å². The molecule has 2 atom stereocenters. The van der Waals surface area contributed by atoms with Crippen molar-refractivity contribution in [3.63, 3.8) is 0 Å². The summed E-state index contributed by atoms with van der Waals surface area (Å²) in [6.07, 6.45) is 5.47. The molecule has 2 bridgehead atoms. The second-order valence-electron chi connectivity index (χ2n) is 7.69. The van der Waals surface area contributed by atoms with Gasteiger partial charge in [0, 0.05) is 5.92 Å². The highest BCUT2D eigenvalue weighted by Gasteiger charge is 2.64. The van der Waals surface area contributed by atoms with Crippen LogP contribution in [0.25, 0.3) is 0 Å². The van der Waals surface area contributed by atoms with Gasteiger partial charge in [0.15, 0.2) is 6.67 Å². The molecule has 3 rings (SSSR count). The number of nitrogens with one attached hydrogen (secondary N) is 1. The van der Waals surface area contributed by atoms with Gasteiger partial charge >= 0.3 is 0 Å². The van der Waals surface area contributed by atoms with E-state index in [0.717, 1.165) is 25.9 Å². The third kappa shape index (κ3) is 1.77. The summed E-state index contributed by atoms with van der Waals surface area (Å²) in [4.78, 5) is 28.6. The molecule has 0 aromatic rings. The zero-order valence-electron chi connectivity index (χ0n) is 13.0. The topological polar surface area (TPSA) is 41.8 Å². The van der Waals surface area contributed by atoms with E-state index in [1.54, 1.807) is 4.90 Å². The van der Waals surface area contributed by atoms with E-state index < -0.39 is 0 Å². The lowest BCUT2D eigenvalue weighted by Gasteiger charge is -2.47. The summed E-state index contributed by atoms with van der Waals surface area (Å²) in [5.41, 5.74) is -0.532. The molecule has 0 radical (unpaired) electrons.